The van der Waals surface area contributed by atoms with Gasteiger partial charge in [0.25, 0.3) is 0 Å². The molecule has 0 spiro atoms. The third-order valence-electron chi connectivity index (χ3n) is 4.34. The van der Waals surface area contributed by atoms with E-state index in [1.165, 1.54) is 19.3 Å². The first-order chi connectivity index (χ1) is 8.93. The van der Waals surface area contributed by atoms with Crippen LogP contribution in [0.1, 0.15) is 24.8 Å². The lowest BCUT2D eigenvalue weighted by molar-refractivity contribution is 0.0259. The van der Waals surface area contributed by atoms with Crippen molar-refractivity contribution < 1.29 is 5.11 Å². The molecule has 19 heavy (non-hydrogen) atoms. The van der Waals surface area contributed by atoms with Crippen LogP contribution in [0.4, 0.5) is 5.69 Å². The second-order valence-corrected chi connectivity index (χ2v) is 6.04. The Labute approximate surface area is 115 Å². The van der Waals surface area contributed by atoms with E-state index in [4.69, 9.17) is 5.73 Å². The fourth-order valence-electron chi connectivity index (χ4n) is 2.90. The smallest absolute Gasteiger partial charge is 0.138 e. The second-order valence-electron chi connectivity index (χ2n) is 6.04. The summed E-state index contributed by atoms with van der Waals surface area (Å²) in [7, 11) is 6.49. The Hall–Kier alpha value is -1.26. The maximum absolute atomic E-state index is 9.44. The van der Waals surface area contributed by atoms with Gasteiger partial charge in [0.15, 0.2) is 0 Å². The number of anilines is 1. The molecular formula is C15H25N3O. The summed E-state index contributed by atoms with van der Waals surface area (Å²) >= 11 is 0. The highest BCUT2D eigenvalue weighted by Gasteiger charge is 2.39. The van der Waals surface area contributed by atoms with Gasteiger partial charge < -0.3 is 20.6 Å². The maximum Gasteiger partial charge on any atom is 0.138 e. The Morgan fingerprint density at radius 1 is 1.26 bits per heavy atom. The Morgan fingerprint density at radius 3 is 2.42 bits per heavy atom. The quantitative estimate of drug-likeness (QED) is 0.629. The van der Waals surface area contributed by atoms with Crippen molar-refractivity contribution in [1.29, 1.82) is 0 Å². The minimum absolute atomic E-state index is 0.162. The number of phenols is 1. The summed E-state index contributed by atoms with van der Waals surface area (Å²) in [6, 6.07) is 5.46. The molecule has 0 heterocycles. The lowest BCUT2D eigenvalue weighted by Gasteiger charge is -2.49. The third kappa shape index (κ3) is 3.01. The molecule has 0 atom stereocenters. The summed E-state index contributed by atoms with van der Waals surface area (Å²) in [6.07, 6.45) is 3.89. The molecule has 0 aromatic heterocycles. The van der Waals surface area contributed by atoms with E-state index in [9.17, 15) is 5.11 Å². The monoisotopic (exact) mass is 263 g/mol. The van der Waals surface area contributed by atoms with Gasteiger partial charge in [0, 0.05) is 18.6 Å². The van der Waals surface area contributed by atoms with Crippen LogP contribution in [0.5, 0.6) is 5.75 Å². The highest BCUT2D eigenvalue weighted by Crippen LogP contribution is 2.36. The molecule has 4 heteroatoms. The Kier molecular flexibility index (Phi) is 4.02. The third-order valence-corrected chi connectivity index (χ3v) is 4.34. The van der Waals surface area contributed by atoms with E-state index in [1.807, 2.05) is 12.1 Å². The molecule has 1 saturated carbocycles. The molecule has 0 aliphatic heterocycles. The topological polar surface area (TPSA) is 52.7 Å². The molecule has 1 aliphatic carbocycles. The van der Waals surface area contributed by atoms with Crippen LogP contribution in [0, 0.1) is 0 Å². The summed E-state index contributed by atoms with van der Waals surface area (Å²) in [5.74, 6) is 0.162. The molecule has 0 saturated heterocycles. The van der Waals surface area contributed by atoms with Crippen LogP contribution in [-0.4, -0.2) is 48.1 Å². The van der Waals surface area contributed by atoms with E-state index in [1.54, 1.807) is 6.07 Å². The Bertz CT molecular complexity index is 441. The number of hydrogen-bond donors (Lipinski definition) is 2. The van der Waals surface area contributed by atoms with E-state index in [-0.39, 0.29) is 5.75 Å². The summed E-state index contributed by atoms with van der Waals surface area (Å²) < 4.78 is 0. The number of nitrogens with zero attached hydrogens (tertiary/aromatic N) is 2. The molecule has 0 bridgehead atoms. The maximum atomic E-state index is 9.44. The van der Waals surface area contributed by atoms with Crippen LogP contribution < -0.4 is 5.73 Å². The highest BCUT2D eigenvalue weighted by atomic mass is 16.3. The van der Waals surface area contributed by atoms with E-state index < -0.39 is 0 Å². The summed E-state index contributed by atoms with van der Waals surface area (Å²) in [5.41, 5.74) is 7.68. The van der Waals surface area contributed by atoms with Crippen molar-refractivity contribution in [3.05, 3.63) is 23.8 Å². The SMILES string of the molecule is CN(Cc1ccc(O)c(N)c1)CC1(N(C)C)CCC1. The number of hydrogen-bond acceptors (Lipinski definition) is 4. The molecule has 0 unspecified atom stereocenters. The first-order valence-electron chi connectivity index (χ1n) is 6.86. The lowest BCUT2D eigenvalue weighted by Crippen LogP contribution is -2.56. The van der Waals surface area contributed by atoms with Gasteiger partial charge in [-0.25, -0.2) is 0 Å². The van der Waals surface area contributed by atoms with Crippen LogP contribution >= 0.6 is 0 Å². The van der Waals surface area contributed by atoms with Gasteiger partial charge in [-0.1, -0.05) is 6.07 Å². The van der Waals surface area contributed by atoms with E-state index in [2.05, 4.69) is 30.9 Å². The molecule has 1 aromatic carbocycles. The van der Waals surface area contributed by atoms with Gasteiger partial charge in [-0.2, -0.15) is 0 Å². The molecular weight excluding hydrogens is 238 g/mol. The van der Waals surface area contributed by atoms with Gasteiger partial charge in [0.2, 0.25) is 0 Å². The largest absolute Gasteiger partial charge is 0.506 e. The Balaban J connectivity index is 1.97. The first kappa shape index (κ1) is 14.2. The second kappa shape index (κ2) is 5.39. The molecule has 2 rings (SSSR count). The standard InChI is InChI=1S/C15H25N3O/c1-17(2)15(7-4-8-15)11-18(3)10-12-5-6-14(19)13(16)9-12/h5-6,9,19H,4,7-8,10-11,16H2,1-3H3. The van der Waals surface area contributed by atoms with E-state index in [0.717, 1.165) is 18.7 Å². The van der Waals surface area contributed by atoms with Gasteiger partial charge in [-0.3, -0.25) is 0 Å². The van der Waals surface area contributed by atoms with Crippen molar-refractivity contribution in [2.75, 3.05) is 33.4 Å². The minimum atomic E-state index is 0.162. The van der Waals surface area contributed by atoms with Crippen molar-refractivity contribution in [2.24, 2.45) is 0 Å². The minimum Gasteiger partial charge on any atom is -0.506 e. The number of aromatic hydroxyl groups is 1. The number of phenolic OH excluding ortho intramolecular Hbond substituents is 1. The van der Waals surface area contributed by atoms with Gasteiger partial charge >= 0.3 is 0 Å². The Morgan fingerprint density at radius 2 is 1.95 bits per heavy atom. The van der Waals surface area contributed by atoms with Crippen molar-refractivity contribution >= 4 is 5.69 Å². The molecule has 4 nitrogen and oxygen atoms in total. The average molecular weight is 263 g/mol. The molecule has 106 valence electrons. The van der Waals surface area contributed by atoms with Gasteiger partial charge in [0.1, 0.15) is 5.75 Å². The molecule has 0 amide bonds. The van der Waals surface area contributed by atoms with E-state index in [0.29, 0.717) is 11.2 Å². The van der Waals surface area contributed by atoms with E-state index >= 15 is 0 Å². The zero-order valence-corrected chi connectivity index (χ0v) is 12.2. The first-order valence-corrected chi connectivity index (χ1v) is 6.86. The van der Waals surface area contributed by atoms with Crippen molar-refractivity contribution in [3.8, 4) is 5.75 Å². The summed E-state index contributed by atoms with van der Waals surface area (Å²) in [5, 5.41) is 9.44. The summed E-state index contributed by atoms with van der Waals surface area (Å²) in [4.78, 5) is 4.70. The van der Waals surface area contributed by atoms with Gasteiger partial charge in [-0.05, 0) is 58.1 Å². The van der Waals surface area contributed by atoms with Crippen LogP contribution in [0.3, 0.4) is 0 Å². The van der Waals surface area contributed by atoms with Crippen LogP contribution in [0.25, 0.3) is 0 Å². The fraction of sp³-hybridized carbons (Fsp3) is 0.600. The fourth-order valence-corrected chi connectivity index (χ4v) is 2.90. The number of rotatable bonds is 5. The molecule has 3 N–H and O–H groups in total. The van der Waals surface area contributed by atoms with Crippen molar-refractivity contribution in [3.63, 3.8) is 0 Å². The van der Waals surface area contributed by atoms with Crippen molar-refractivity contribution in [2.45, 2.75) is 31.3 Å². The molecule has 1 aliphatic rings. The highest BCUT2D eigenvalue weighted by molar-refractivity contribution is 5.53. The number of nitrogens with two attached hydrogens (primary N) is 1. The summed E-state index contributed by atoms with van der Waals surface area (Å²) in [6.45, 7) is 1.93. The predicted octanol–water partition coefficient (Wildman–Crippen LogP) is 1.89. The number of likely N-dealkylation sites (N-methyl/N-ethyl adjacent to an activating group) is 2. The molecule has 1 fully saturated rings. The molecule has 1 aromatic rings. The van der Waals surface area contributed by atoms with Crippen LogP contribution in [0.2, 0.25) is 0 Å². The zero-order valence-electron chi connectivity index (χ0n) is 12.2. The number of nitrogen functional groups attached to an aromatic ring is 1. The molecule has 0 radical (unpaired) electrons. The van der Waals surface area contributed by atoms with Gasteiger partial charge in [0.05, 0.1) is 5.69 Å². The lowest BCUT2D eigenvalue weighted by atomic mass is 9.75. The zero-order chi connectivity index (χ0) is 14.0. The van der Waals surface area contributed by atoms with Gasteiger partial charge in [-0.15, -0.1) is 0 Å². The van der Waals surface area contributed by atoms with Crippen LogP contribution in [-0.2, 0) is 6.54 Å². The van der Waals surface area contributed by atoms with Crippen LogP contribution in [0.15, 0.2) is 18.2 Å². The predicted molar refractivity (Wildman–Crippen MR) is 79.1 cm³/mol. The number of benzene rings is 1. The van der Waals surface area contributed by atoms with Crippen molar-refractivity contribution in [1.82, 2.24) is 9.80 Å². The average Bonchev–Trinajstić information content (AvgIpc) is 2.28. The normalized spacial score (nSPS) is 17.7.